The van der Waals surface area contributed by atoms with Crippen LogP contribution in [0.4, 0.5) is 0 Å². The van der Waals surface area contributed by atoms with Gasteiger partial charge in [-0.1, -0.05) is 34.3 Å². The highest BCUT2D eigenvalue weighted by Gasteiger charge is 2.37. The first-order valence-corrected chi connectivity index (χ1v) is 8.97. The van der Waals surface area contributed by atoms with E-state index in [-0.39, 0.29) is 23.0 Å². The van der Waals surface area contributed by atoms with Crippen LogP contribution >= 0.6 is 0 Å². The number of aliphatic hydroxyl groups is 1. The fourth-order valence-electron chi connectivity index (χ4n) is 1.02. The zero-order chi connectivity index (χ0) is 13.9. The number of hydrogen-bond acceptors (Lipinski definition) is 3. The first-order valence-electron chi connectivity index (χ1n) is 6.07. The number of hydrogen-bond donors (Lipinski definition) is 1. The molecule has 0 aromatic carbocycles. The van der Waals surface area contributed by atoms with Crippen LogP contribution in [0, 0.1) is 0 Å². The van der Waals surface area contributed by atoms with Crippen molar-refractivity contribution in [3.8, 4) is 0 Å². The third-order valence-electron chi connectivity index (χ3n) is 3.49. The van der Waals surface area contributed by atoms with Crippen molar-refractivity contribution >= 4 is 14.1 Å². The van der Waals surface area contributed by atoms with Crippen molar-refractivity contribution in [2.45, 2.75) is 58.4 Å². The Morgan fingerprint density at radius 2 is 1.88 bits per heavy atom. The van der Waals surface area contributed by atoms with E-state index in [9.17, 15) is 9.90 Å². The summed E-state index contributed by atoms with van der Waals surface area (Å²) in [5.41, 5.74) is 0.256. The molecule has 17 heavy (non-hydrogen) atoms. The number of aliphatic hydroxyl groups excluding tert-OH is 1. The first-order chi connectivity index (χ1) is 7.53. The molecular formula is C13H26O3Si. The Morgan fingerprint density at radius 1 is 1.41 bits per heavy atom. The molecule has 0 amide bonds. The van der Waals surface area contributed by atoms with Crippen LogP contribution < -0.4 is 0 Å². The third kappa shape index (κ3) is 4.74. The minimum atomic E-state index is -1.87. The summed E-state index contributed by atoms with van der Waals surface area (Å²) in [5.74, 6) is -0.101. The number of ketones is 1. The molecule has 0 aromatic rings. The summed E-state index contributed by atoms with van der Waals surface area (Å²) < 4.78 is 5.85. The molecule has 0 aliphatic carbocycles. The van der Waals surface area contributed by atoms with Gasteiger partial charge in [-0.15, -0.1) is 0 Å². The molecule has 0 aliphatic heterocycles. The average Bonchev–Trinajstić information content (AvgIpc) is 2.22. The molecule has 0 saturated heterocycles. The molecule has 1 atom stereocenters. The van der Waals surface area contributed by atoms with Crippen molar-refractivity contribution in [2.24, 2.45) is 0 Å². The zero-order valence-corrected chi connectivity index (χ0v) is 13.0. The van der Waals surface area contributed by atoms with E-state index in [0.717, 1.165) is 0 Å². The molecule has 1 unspecified atom stereocenters. The molecule has 1 N–H and O–H groups in total. The maximum Gasteiger partial charge on any atom is 0.192 e. The number of carbonyl (C=O) groups is 1. The predicted molar refractivity (Wildman–Crippen MR) is 73.6 cm³/mol. The van der Waals surface area contributed by atoms with E-state index in [1.165, 1.54) is 0 Å². The number of rotatable bonds is 6. The lowest BCUT2D eigenvalue weighted by Gasteiger charge is -2.36. The molecule has 0 aliphatic rings. The fourth-order valence-corrected chi connectivity index (χ4v) is 2.02. The van der Waals surface area contributed by atoms with Crippen molar-refractivity contribution in [3.05, 3.63) is 12.2 Å². The Kier molecular flexibility index (Phi) is 5.78. The summed E-state index contributed by atoms with van der Waals surface area (Å²) >= 11 is 0. The van der Waals surface area contributed by atoms with Crippen LogP contribution in [0.5, 0.6) is 0 Å². The van der Waals surface area contributed by atoms with Gasteiger partial charge in [0.1, 0.15) is 6.10 Å². The van der Waals surface area contributed by atoms with Gasteiger partial charge in [0, 0.05) is 12.0 Å². The first kappa shape index (κ1) is 16.5. The summed E-state index contributed by atoms with van der Waals surface area (Å²) in [5, 5.41) is 9.93. The summed E-state index contributed by atoms with van der Waals surface area (Å²) in [4.78, 5) is 11.4. The highest BCUT2D eigenvalue weighted by atomic mass is 28.4. The van der Waals surface area contributed by atoms with Crippen molar-refractivity contribution in [3.63, 3.8) is 0 Å². The molecule has 0 rings (SSSR count). The molecule has 0 spiro atoms. The summed E-state index contributed by atoms with van der Waals surface area (Å²) in [7, 11) is -1.87. The quantitative estimate of drug-likeness (QED) is 0.588. The van der Waals surface area contributed by atoms with Crippen molar-refractivity contribution < 1.29 is 14.3 Å². The topological polar surface area (TPSA) is 46.5 Å². The van der Waals surface area contributed by atoms with Gasteiger partial charge in [-0.3, -0.25) is 4.79 Å². The Bertz CT molecular complexity index is 290. The SMILES string of the molecule is C=C(C(=O)CC)C(O)CO[Si](C)(C)C(C)(C)C. The van der Waals surface area contributed by atoms with Crippen molar-refractivity contribution in [2.75, 3.05) is 6.61 Å². The van der Waals surface area contributed by atoms with E-state index in [1.807, 2.05) is 0 Å². The summed E-state index contributed by atoms with van der Waals surface area (Å²) in [6, 6.07) is 0. The molecule has 0 saturated carbocycles. The molecule has 3 nitrogen and oxygen atoms in total. The van der Waals surface area contributed by atoms with E-state index >= 15 is 0 Å². The van der Waals surface area contributed by atoms with Crippen LogP contribution in [0.25, 0.3) is 0 Å². The third-order valence-corrected chi connectivity index (χ3v) is 7.99. The van der Waals surface area contributed by atoms with Crippen LogP contribution in [0.2, 0.25) is 18.1 Å². The molecule has 4 heteroatoms. The minimum Gasteiger partial charge on any atom is -0.414 e. The second kappa shape index (κ2) is 5.93. The van der Waals surface area contributed by atoms with Gasteiger partial charge >= 0.3 is 0 Å². The fraction of sp³-hybridized carbons (Fsp3) is 0.769. The van der Waals surface area contributed by atoms with Crippen LogP contribution in [0.3, 0.4) is 0 Å². The van der Waals surface area contributed by atoms with Crippen LogP contribution in [0.15, 0.2) is 12.2 Å². The Labute approximate surface area is 106 Å². The smallest absolute Gasteiger partial charge is 0.192 e. The van der Waals surface area contributed by atoms with E-state index in [1.54, 1.807) is 6.92 Å². The van der Waals surface area contributed by atoms with Gasteiger partial charge in [-0.25, -0.2) is 0 Å². The van der Waals surface area contributed by atoms with Gasteiger partial charge in [0.25, 0.3) is 0 Å². The Balaban J connectivity index is 4.40. The lowest BCUT2D eigenvalue weighted by molar-refractivity contribution is -0.116. The highest BCUT2D eigenvalue weighted by molar-refractivity contribution is 6.74. The second-order valence-electron chi connectivity index (χ2n) is 5.89. The predicted octanol–water partition coefficient (Wildman–Crippen LogP) is 2.90. The van der Waals surface area contributed by atoms with Gasteiger partial charge in [-0.05, 0) is 18.1 Å². The minimum absolute atomic E-state index is 0.100. The standard InChI is InChI=1S/C13H26O3Si/c1-8-11(14)10(2)12(15)9-16-17(6,7)13(3,4)5/h12,15H,2,8-9H2,1,3-7H3. The zero-order valence-electron chi connectivity index (χ0n) is 12.0. The number of Topliss-reactive ketones (excluding diaryl/α,β-unsaturated/α-hetero) is 1. The largest absolute Gasteiger partial charge is 0.414 e. The van der Waals surface area contributed by atoms with Crippen LogP contribution in [0.1, 0.15) is 34.1 Å². The Morgan fingerprint density at radius 3 is 2.24 bits per heavy atom. The summed E-state index contributed by atoms with van der Waals surface area (Å²) in [6.07, 6.45) is -0.507. The molecule has 100 valence electrons. The van der Waals surface area contributed by atoms with Gasteiger partial charge in [0.15, 0.2) is 14.1 Å². The van der Waals surface area contributed by atoms with E-state index in [4.69, 9.17) is 4.43 Å². The van der Waals surface area contributed by atoms with Crippen molar-refractivity contribution in [1.82, 2.24) is 0 Å². The van der Waals surface area contributed by atoms with Gasteiger partial charge in [0.2, 0.25) is 0 Å². The average molecular weight is 258 g/mol. The second-order valence-corrected chi connectivity index (χ2v) is 10.7. The molecule has 0 heterocycles. The molecule has 0 bridgehead atoms. The van der Waals surface area contributed by atoms with Crippen LogP contribution in [-0.2, 0) is 9.22 Å². The molecule has 0 fully saturated rings. The highest BCUT2D eigenvalue weighted by Crippen LogP contribution is 2.36. The van der Waals surface area contributed by atoms with Gasteiger partial charge < -0.3 is 9.53 Å². The monoisotopic (exact) mass is 258 g/mol. The van der Waals surface area contributed by atoms with E-state index in [0.29, 0.717) is 6.42 Å². The Hall–Kier alpha value is -0.453. The maximum absolute atomic E-state index is 11.4. The lowest BCUT2D eigenvalue weighted by Crippen LogP contribution is -2.43. The normalized spacial score (nSPS) is 14.5. The van der Waals surface area contributed by atoms with Gasteiger partial charge in [-0.2, -0.15) is 0 Å². The van der Waals surface area contributed by atoms with Gasteiger partial charge in [0.05, 0.1) is 6.61 Å². The van der Waals surface area contributed by atoms with E-state index < -0.39 is 14.4 Å². The van der Waals surface area contributed by atoms with Crippen LogP contribution in [-0.4, -0.2) is 31.9 Å². The maximum atomic E-state index is 11.4. The molecule has 0 aromatic heterocycles. The van der Waals surface area contributed by atoms with Crippen molar-refractivity contribution in [1.29, 1.82) is 0 Å². The molecular weight excluding hydrogens is 232 g/mol. The molecule has 0 radical (unpaired) electrons. The lowest BCUT2D eigenvalue weighted by atomic mass is 10.1. The van der Waals surface area contributed by atoms with E-state index in [2.05, 4.69) is 40.4 Å². The summed E-state index contributed by atoms with van der Waals surface area (Å²) in [6.45, 7) is 16.2. The number of carbonyl (C=O) groups excluding carboxylic acids is 1.